The molecule has 2 aromatic rings. The summed E-state index contributed by atoms with van der Waals surface area (Å²) in [5, 5.41) is 3.54. The monoisotopic (exact) mass is 314 g/mol. The van der Waals surface area contributed by atoms with Crippen molar-refractivity contribution in [2.75, 3.05) is 11.1 Å². The van der Waals surface area contributed by atoms with Crippen LogP contribution in [0.1, 0.15) is 10.4 Å². The maximum atomic E-state index is 12.1. The molecule has 3 nitrogen and oxygen atoms in total. The molecule has 0 heterocycles. The first-order chi connectivity index (χ1) is 8.99. The van der Waals surface area contributed by atoms with Crippen molar-refractivity contribution in [1.82, 2.24) is 0 Å². The molecule has 19 heavy (non-hydrogen) atoms. The van der Waals surface area contributed by atoms with Gasteiger partial charge in [0, 0.05) is 5.69 Å². The molecular weight excluding hydrogens is 307 g/mol. The molecule has 0 fully saturated rings. The second kappa shape index (κ2) is 5.70. The molecule has 0 spiro atoms. The van der Waals surface area contributed by atoms with E-state index < -0.39 is 5.91 Å². The van der Waals surface area contributed by atoms with Gasteiger partial charge in [0.25, 0.3) is 5.91 Å². The number of carbonyl (C=O) groups is 1. The fraction of sp³-hybridized carbons (Fsp3) is 0. The number of nitrogens with one attached hydrogen (secondary N) is 1. The van der Waals surface area contributed by atoms with Crippen molar-refractivity contribution in [3.63, 3.8) is 0 Å². The summed E-state index contributed by atoms with van der Waals surface area (Å²) in [5.74, 6) is -0.403. The predicted molar refractivity (Wildman–Crippen MR) is 80.3 cm³/mol. The molecule has 98 valence electrons. The fourth-order valence-electron chi connectivity index (χ4n) is 1.51. The van der Waals surface area contributed by atoms with Crippen molar-refractivity contribution in [3.8, 4) is 0 Å². The number of hydrogen-bond acceptors (Lipinski definition) is 2. The van der Waals surface area contributed by atoms with Gasteiger partial charge in [-0.05, 0) is 30.3 Å². The number of benzene rings is 2. The number of hydrogen-bond donors (Lipinski definition) is 2. The highest BCUT2D eigenvalue weighted by Crippen LogP contribution is 2.28. The first-order valence-electron chi connectivity index (χ1n) is 5.29. The molecule has 2 aromatic carbocycles. The van der Waals surface area contributed by atoms with E-state index in [-0.39, 0.29) is 10.6 Å². The molecular formula is C13H9Cl3N2O. The molecule has 0 radical (unpaired) electrons. The normalized spacial score (nSPS) is 10.3. The summed E-state index contributed by atoms with van der Waals surface area (Å²) in [6, 6.07) is 9.64. The van der Waals surface area contributed by atoms with Gasteiger partial charge in [0.1, 0.15) is 0 Å². The Labute approximate surface area is 125 Å². The SMILES string of the molecule is Nc1ccc(Cl)c(NC(=O)c2cccc(Cl)c2Cl)c1. The molecule has 1 amide bonds. The number of nitrogens with two attached hydrogens (primary N) is 1. The third-order valence-corrected chi connectivity index (χ3v) is 3.58. The Morgan fingerprint density at radius 3 is 2.53 bits per heavy atom. The largest absolute Gasteiger partial charge is 0.399 e. The van der Waals surface area contributed by atoms with Crippen LogP contribution in [0.4, 0.5) is 11.4 Å². The van der Waals surface area contributed by atoms with E-state index in [1.165, 1.54) is 0 Å². The van der Waals surface area contributed by atoms with E-state index in [1.807, 2.05) is 0 Å². The van der Waals surface area contributed by atoms with Crippen LogP contribution in [-0.2, 0) is 0 Å². The highest BCUT2D eigenvalue weighted by atomic mass is 35.5. The second-order valence-electron chi connectivity index (χ2n) is 3.79. The molecule has 0 bridgehead atoms. The summed E-state index contributed by atoms with van der Waals surface area (Å²) in [4.78, 5) is 12.1. The van der Waals surface area contributed by atoms with Crippen molar-refractivity contribution in [2.24, 2.45) is 0 Å². The van der Waals surface area contributed by atoms with E-state index in [9.17, 15) is 4.79 Å². The van der Waals surface area contributed by atoms with E-state index in [2.05, 4.69) is 5.32 Å². The third-order valence-electron chi connectivity index (χ3n) is 2.43. The van der Waals surface area contributed by atoms with E-state index in [4.69, 9.17) is 40.5 Å². The molecule has 3 N–H and O–H groups in total. The number of amides is 1. The molecule has 0 saturated heterocycles. The van der Waals surface area contributed by atoms with Gasteiger partial charge in [0.15, 0.2) is 0 Å². The van der Waals surface area contributed by atoms with Gasteiger partial charge >= 0.3 is 0 Å². The summed E-state index contributed by atoms with van der Waals surface area (Å²) in [6.45, 7) is 0. The lowest BCUT2D eigenvalue weighted by atomic mass is 10.2. The third kappa shape index (κ3) is 3.13. The Kier molecular flexibility index (Phi) is 4.20. The van der Waals surface area contributed by atoms with Gasteiger partial charge < -0.3 is 11.1 Å². The van der Waals surface area contributed by atoms with Crippen LogP contribution in [0.3, 0.4) is 0 Å². The van der Waals surface area contributed by atoms with Crippen molar-refractivity contribution >= 4 is 52.1 Å². The van der Waals surface area contributed by atoms with E-state index >= 15 is 0 Å². The summed E-state index contributed by atoms with van der Waals surface area (Å²) >= 11 is 17.8. The molecule has 0 aromatic heterocycles. The molecule has 0 aliphatic carbocycles. The highest BCUT2D eigenvalue weighted by molar-refractivity contribution is 6.44. The highest BCUT2D eigenvalue weighted by Gasteiger charge is 2.14. The lowest BCUT2D eigenvalue weighted by Crippen LogP contribution is -2.13. The number of halogens is 3. The van der Waals surface area contributed by atoms with Crippen LogP contribution < -0.4 is 11.1 Å². The summed E-state index contributed by atoms with van der Waals surface area (Å²) in [6.07, 6.45) is 0. The second-order valence-corrected chi connectivity index (χ2v) is 4.99. The average molecular weight is 316 g/mol. The van der Waals surface area contributed by atoms with Crippen molar-refractivity contribution < 1.29 is 4.79 Å². The van der Waals surface area contributed by atoms with Gasteiger partial charge in [-0.25, -0.2) is 0 Å². The number of rotatable bonds is 2. The van der Waals surface area contributed by atoms with Crippen LogP contribution in [0.2, 0.25) is 15.1 Å². The van der Waals surface area contributed by atoms with E-state index in [1.54, 1.807) is 36.4 Å². The van der Waals surface area contributed by atoms with Gasteiger partial charge in [-0.3, -0.25) is 4.79 Å². The minimum Gasteiger partial charge on any atom is -0.399 e. The molecule has 6 heteroatoms. The Morgan fingerprint density at radius 1 is 1.05 bits per heavy atom. The topological polar surface area (TPSA) is 55.1 Å². The van der Waals surface area contributed by atoms with Crippen LogP contribution in [-0.4, -0.2) is 5.91 Å². The lowest BCUT2D eigenvalue weighted by molar-refractivity contribution is 0.102. The predicted octanol–water partition coefficient (Wildman–Crippen LogP) is 4.48. The first-order valence-corrected chi connectivity index (χ1v) is 6.43. The van der Waals surface area contributed by atoms with Gasteiger partial charge in [-0.15, -0.1) is 0 Å². The van der Waals surface area contributed by atoms with Crippen molar-refractivity contribution in [3.05, 3.63) is 57.0 Å². The maximum Gasteiger partial charge on any atom is 0.257 e. The van der Waals surface area contributed by atoms with Crippen LogP contribution in [0.15, 0.2) is 36.4 Å². The van der Waals surface area contributed by atoms with Crippen LogP contribution >= 0.6 is 34.8 Å². The summed E-state index contributed by atoms with van der Waals surface area (Å²) in [5.41, 5.74) is 6.83. The zero-order valence-electron chi connectivity index (χ0n) is 9.58. The van der Waals surface area contributed by atoms with Crippen LogP contribution in [0.25, 0.3) is 0 Å². The first kappa shape index (κ1) is 14.0. The van der Waals surface area contributed by atoms with E-state index in [0.29, 0.717) is 21.4 Å². The minimum atomic E-state index is -0.403. The Balaban J connectivity index is 2.31. The van der Waals surface area contributed by atoms with Gasteiger partial charge in [-0.2, -0.15) is 0 Å². The Morgan fingerprint density at radius 2 is 1.79 bits per heavy atom. The number of carbonyl (C=O) groups excluding carboxylic acids is 1. The molecule has 0 saturated carbocycles. The van der Waals surface area contributed by atoms with E-state index in [0.717, 1.165) is 0 Å². The smallest absolute Gasteiger partial charge is 0.257 e. The quantitative estimate of drug-likeness (QED) is 0.803. The Hall–Kier alpha value is -1.42. The summed E-state index contributed by atoms with van der Waals surface area (Å²) < 4.78 is 0. The standard InChI is InChI=1S/C13H9Cl3N2O/c14-9-5-4-7(17)6-11(9)18-13(19)8-2-1-3-10(15)12(8)16/h1-6H,17H2,(H,18,19). The number of nitrogen functional groups attached to an aromatic ring is 1. The average Bonchev–Trinajstić information content (AvgIpc) is 2.37. The van der Waals surface area contributed by atoms with Crippen molar-refractivity contribution in [1.29, 1.82) is 0 Å². The minimum absolute atomic E-state index is 0.196. The Bertz CT molecular complexity index is 644. The zero-order chi connectivity index (χ0) is 14.0. The lowest BCUT2D eigenvalue weighted by Gasteiger charge is -2.09. The van der Waals surface area contributed by atoms with Crippen LogP contribution in [0, 0.1) is 0 Å². The molecule has 0 unspecified atom stereocenters. The molecule has 2 rings (SSSR count). The molecule has 0 aliphatic rings. The molecule has 0 aliphatic heterocycles. The zero-order valence-corrected chi connectivity index (χ0v) is 11.9. The molecule has 0 atom stereocenters. The van der Waals surface area contributed by atoms with Crippen LogP contribution in [0.5, 0.6) is 0 Å². The van der Waals surface area contributed by atoms with Gasteiger partial charge in [-0.1, -0.05) is 40.9 Å². The summed E-state index contributed by atoms with van der Waals surface area (Å²) in [7, 11) is 0. The van der Waals surface area contributed by atoms with Gasteiger partial charge in [0.2, 0.25) is 0 Å². The maximum absolute atomic E-state index is 12.1. The fourth-order valence-corrected chi connectivity index (χ4v) is 2.06. The van der Waals surface area contributed by atoms with Gasteiger partial charge in [0.05, 0.1) is 26.3 Å². The van der Waals surface area contributed by atoms with Crippen molar-refractivity contribution in [2.45, 2.75) is 0 Å². The number of anilines is 2.